The van der Waals surface area contributed by atoms with Crippen molar-refractivity contribution < 1.29 is 13.2 Å². The SMILES string of the molecule is Cc1ccccc1[C@H](C)CC(=O)NCCN1CCS(=O)(=O)CC1. The summed E-state index contributed by atoms with van der Waals surface area (Å²) in [5, 5.41) is 2.94. The average molecular weight is 338 g/mol. The maximum absolute atomic E-state index is 12.1. The Bertz CT molecular complexity index is 629. The molecule has 0 saturated carbocycles. The van der Waals surface area contributed by atoms with E-state index in [1.54, 1.807) is 0 Å². The second-order valence-corrected chi connectivity index (χ2v) is 8.61. The Morgan fingerprint density at radius 1 is 1.26 bits per heavy atom. The summed E-state index contributed by atoms with van der Waals surface area (Å²) in [6.07, 6.45) is 0.471. The molecular weight excluding hydrogens is 312 g/mol. The molecule has 1 amide bonds. The van der Waals surface area contributed by atoms with Crippen LogP contribution in [0.4, 0.5) is 0 Å². The lowest BCUT2D eigenvalue weighted by Crippen LogP contribution is -2.43. The molecule has 0 bridgehead atoms. The maximum Gasteiger partial charge on any atom is 0.220 e. The fraction of sp³-hybridized carbons (Fsp3) is 0.588. The summed E-state index contributed by atoms with van der Waals surface area (Å²) >= 11 is 0. The quantitative estimate of drug-likeness (QED) is 0.850. The monoisotopic (exact) mass is 338 g/mol. The highest BCUT2D eigenvalue weighted by atomic mass is 32.2. The van der Waals surface area contributed by atoms with Crippen LogP contribution in [0.15, 0.2) is 24.3 Å². The van der Waals surface area contributed by atoms with E-state index in [1.807, 2.05) is 12.1 Å². The Morgan fingerprint density at radius 3 is 2.57 bits per heavy atom. The molecule has 0 aliphatic carbocycles. The Hall–Kier alpha value is -1.40. The molecule has 1 aromatic rings. The van der Waals surface area contributed by atoms with Crippen LogP contribution in [-0.2, 0) is 14.6 Å². The van der Waals surface area contributed by atoms with Gasteiger partial charge in [0, 0.05) is 32.6 Å². The van der Waals surface area contributed by atoms with Crippen LogP contribution >= 0.6 is 0 Å². The van der Waals surface area contributed by atoms with Gasteiger partial charge in [-0.1, -0.05) is 31.2 Å². The van der Waals surface area contributed by atoms with E-state index in [9.17, 15) is 13.2 Å². The molecule has 0 aromatic heterocycles. The molecule has 1 heterocycles. The number of rotatable bonds is 6. The summed E-state index contributed by atoms with van der Waals surface area (Å²) < 4.78 is 22.7. The van der Waals surface area contributed by atoms with Gasteiger partial charge in [0.1, 0.15) is 0 Å². The smallest absolute Gasteiger partial charge is 0.220 e. The van der Waals surface area contributed by atoms with Crippen molar-refractivity contribution in [3.8, 4) is 0 Å². The van der Waals surface area contributed by atoms with E-state index in [0.29, 0.717) is 32.6 Å². The number of benzene rings is 1. The number of nitrogens with one attached hydrogen (secondary N) is 1. The first-order chi connectivity index (χ1) is 10.9. The van der Waals surface area contributed by atoms with Crippen LogP contribution in [0.25, 0.3) is 0 Å². The van der Waals surface area contributed by atoms with Crippen molar-refractivity contribution in [2.24, 2.45) is 0 Å². The molecule has 1 aliphatic rings. The number of carbonyl (C=O) groups excluding carboxylic acids is 1. The largest absolute Gasteiger partial charge is 0.355 e. The van der Waals surface area contributed by atoms with E-state index >= 15 is 0 Å². The number of hydrogen-bond donors (Lipinski definition) is 1. The molecule has 1 atom stereocenters. The van der Waals surface area contributed by atoms with E-state index in [0.717, 1.165) is 0 Å². The van der Waals surface area contributed by atoms with Gasteiger partial charge in [0.05, 0.1) is 11.5 Å². The minimum Gasteiger partial charge on any atom is -0.355 e. The lowest BCUT2D eigenvalue weighted by molar-refractivity contribution is -0.121. The third-order valence-electron chi connectivity index (χ3n) is 4.40. The van der Waals surface area contributed by atoms with E-state index < -0.39 is 9.84 Å². The Morgan fingerprint density at radius 2 is 1.91 bits per heavy atom. The van der Waals surface area contributed by atoms with Gasteiger partial charge in [-0.15, -0.1) is 0 Å². The van der Waals surface area contributed by atoms with Gasteiger partial charge in [0.25, 0.3) is 0 Å². The zero-order valence-corrected chi connectivity index (χ0v) is 14.7. The van der Waals surface area contributed by atoms with Gasteiger partial charge in [-0.05, 0) is 24.0 Å². The van der Waals surface area contributed by atoms with Crippen molar-refractivity contribution >= 4 is 15.7 Å². The second-order valence-electron chi connectivity index (χ2n) is 6.31. The van der Waals surface area contributed by atoms with Crippen LogP contribution in [0.1, 0.15) is 30.4 Å². The lowest BCUT2D eigenvalue weighted by Gasteiger charge is -2.26. The summed E-state index contributed by atoms with van der Waals surface area (Å²) in [6.45, 7) is 6.54. The highest BCUT2D eigenvalue weighted by molar-refractivity contribution is 7.91. The fourth-order valence-corrected chi connectivity index (χ4v) is 4.20. The molecule has 2 rings (SSSR count). The van der Waals surface area contributed by atoms with Crippen molar-refractivity contribution in [1.82, 2.24) is 10.2 Å². The number of amides is 1. The molecule has 0 spiro atoms. The van der Waals surface area contributed by atoms with Crippen LogP contribution in [0.3, 0.4) is 0 Å². The van der Waals surface area contributed by atoms with E-state index in [1.165, 1.54) is 11.1 Å². The summed E-state index contributed by atoms with van der Waals surface area (Å²) in [7, 11) is -2.84. The number of aryl methyl sites for hydroxylation is 1. The first kappa shape index (κ1) is 17.9. The summed E-state index contributed by atoms with van der Waals surface area (Å²) in [6, 6.07) is 8.14. The lowest BCUT2D eigenvalue weighted by atomic mass is 9.93. The van der Waals surface area contributed by atoms with Crippen LogP contribution in [0, 0.1) is 6.92 Å². The molecule has 0 unspecified atom stereocenters. The molecule has 1 aromatic carbocycles. The topological polar surface area (TPSA) is 66.5 Å². The minimum atomic E-state index is -2.84. The maximum atomic E-state index is 12.1. The van der Waals surface area contributed by atoms with Gasteiger partial charge in [-0.3, -0.25) is 9.69 Å². The van der Waals surface area contributed by atoms with Crippen LogP contribution in [-0.4, -0.2) is 56.9 Å². The van der Waals surface area contributed by atoms with Gasteiger partial charge in [0.2, 0.25) is 5.91 Å². The Balaban J connectivity index is 1.70. The van der Waals surface area contributed by atoms with E-state index in [2.05, 4.69) is 36.2 Å². The molecule has 0 radical (unpaired) electrons. The Kier molecular flexibility index (Phi) is 6.18. The third kappa shape index (κ3) is 5.62. The molecule has 128 valence electrons. The number of carbonyl (C=O) groups is 1. The average Bonchev–Trinajstić information content (AvgIpc) is 2.49. The standard InChI is InChI=1S/C17H26N2O3S/c1-14-5-3-4-6-16(14)15(2)13-17(20)18-7-8-19-9-11-23(21,22)12-10-19/h3-6,15H,7-13H2,1-2H3,(H,18,20)/t15-/m1/s1. The van der Waals surface area contributed by atoms with Crippen LogP contribution in [0.2, 0.25) is 0 Å². The van der Waals surface area contributed by atoms with Gasteiger partial charge in [0.15, 0.2) is 9.84 Å². The normalized spacial score (nSPS) is 19.2. The van der Waals surface area contributed by atoms with Crippen molar-refractivity contribution in [3.05, 3.63) is 35.4 Å². The van der Waals surface area contributed by atoms with Crippen molar-refractivity contribution in [1.29, 1.82) is 0 Å². The molecule has 1 fully saturated rings. The molecule has 23 heavy (non-hydrogen) atoms. The zero-order chi connectivity index (χ0) is 16.9. The second kappa shape index (κ2) is 7.93. The highest BCUT2D eigenvalue weighted by Crippen LogP contribution is 2.22. The molecule has 5 nitrogen and oxygen atoms in total. The highest BCUT2D eigenvalue weighted by Gasteiger charge is 2.21. The Labute approximate surface area is 139 Å². The predicted molar refractivity (Wildman–Crippen MR) is 92.3 cm³/mol. The summed E-state index contributed by atoms with van der Waals surface area (Å²) in [5.74, 6) is 0.693. The first-order valence-electron chi connectivity index (χ1n) is 8.12. The van der Waals surface area contributed by atoms with Crippen molar-refractivity contribution in [2.45, 2.75) is 26.2 Å². The first-order valence-corrected chi connectivity index (χ1v) is 9.94. The van der Waals surface area contributed by atoms with Gasteiger partial charge >= 0.3 is 0 Å². The molecular formula is C17H26N2O3S. The fourth-order valence-electron chi connectivity index (χ4n) is 2.93. The van der Waals surface area contributed by atoms with E-state index in [4.69, 9.17) is 0 Å². The minimum absolute atomic E-state index is 0.0467. The van der Waals surface area contributed by atoms with Gasteiger partial charge in [-0.2, -0.15) is 0 Å². The van der Waals surface area contributed by atoms with Gasteiger partial charge in [-0.25, -0.2) is 8.42 Å². The molecule has 1 N–H and O–H groups in total. The summed E-state index contributed by atoms with van der Waals surface area (Å²) in [5.41, 5.74) is 2.42. The van der Waals surface area contributed by atoms with Gasteiger partial charge < -0.3 is 5.32 Å². The van der Waals surface area contributed by atoms with Crippen LogP contribution < -0.4 is 5.32 Å². The molecule has 1 saturated heterocycles. The number of nitrogens with zero attached hydrogens (tertiary/aromatic N) is 1. The summed E-state index contributed by atoms with van der Waals surface area (Å²) in [4.78, 5) is 14.1. The third-order valence-corrected chi connectivity index (χ3v) is 6.01. The number of hydrogen-bond acceptors (Lipinski definition) is 4. The predicted octanol–water partition coefficient (Wildman–Crippen LogP) is 1.34. The zero-order valence-electron chi connectivity index (χ0n) is 13.9. The molecule has 1 aliphatic heterocycles. The number of sulfone groups is 1. The van der Waals surface area contributed by atoms with Crippen molar-refractivity contribution in [2.75, 3.05) is 37.7 Å². The molecule has 6 heteroatoms. The van der Waals surface area contributed by atoms with Crippen molar-refractivity contribution in [3.63, 3.8) is 0 Å². The van der Waals surface area contributed by atoms with Crippen LogP contribution in [0.5, 0.6) is 0 Å². The van der Waals surface area contributed by atoms with E-state index in [-0.39, 0.29) is 23.3 Å².